The number of β-lactam (4-membered cyclic amide) rings is 1. The van der Waals surface area contributed by atoms with Crippen LogP contribution in [-0.4, -0.2) is 88.7 Å². The van der Waals surface area contributed by atoms with Gasteiger partial charge >= 0.3 is 5.97 Å². The predicted octanol–water partition coefficient (Wildman–Crippen LogP) is 0.00320. The van der Waals surface area contributed by atoms with E-state index >= 15 is 0 Å². The van der Waals surface area contributed by atoms with Crippen molar-refractivity contribution in [2.45, 2.75) is 36.5 Å². The molecule has 0 saturated carbocycles. The monoisotopic (exact) mass is 539 g/mol. The van der Waals surface area contributed by atoms with Gasteiger partial charge in [-0.2, -0.15) is 0 Å². The van der Waals surface area contributed by atoms with Gasteiger partial charge in [0.25, 0.3) is 11.8 Å². The van der Waals surface area contributed by atoms with Crippen LogP contribution >= 0.6 is 34.9 Å². The Hall–Kier alpha value is -3.18. The number of rotatable bonds is 10. The van der Waals surface area contributed by atoms with Gasteiger partial charge in [-0.1, -0.05) is 23.8 Å². The SMILES string of the molecule is CCCn1nnnc1SCC1=C(C(=O)O)N2C(=O)C(NC(=O)C(=NOC)c3csc(N)n3)[C@H]2SC1. The fraction of sp³-hybridized carbons (Fsp3) is 0.444. The van der Waals surface area contributed by atoms with Gasteiger partial charge in [0.15, 0.2) is 10.8 Å². The zero-order valence-electron chi connectivity index (χ0n) is 18.6. The Bertz CT molecular complexity index is 1210. The Balaban J connectivity index is 1.48. The third-order valence-electron chi connectivity index (χ3n) is 5.01. The quantitative estimate of drug-likeness (QED) is 0.159. The number of aromatic nitrogens is 5. The van der Waals surface area contributed by atoms with E-state index in [2.05, 4.69) is 31.0 Å². The van der Waals surface area contributed by atoms with Gasteiger partial charge in [0.1, 0.15) is 29.9 Å². The molecule has 2 aromatic heterocycles. The smallest absolute Gasteiger partial charge is 0.352 e. The second-order valence-electron chi connectivity index (χ2n) is 7.28. The third-order valence-corrected chi connectivity index (χ3v) is 8.07. The molecule has 0 spiro atoms. The van der Waals surface area contributed by atoms with Crippen molar-refractivity contribution < 1.29 is 24.3 Å². The minimum atomic E-state index is -1.21. The average Bonchev–Trinajstić information content (AvgIpc) is 3.47. The molecule has 2 aromatic rings. The van der Waals surface area contributed by atoms with Crippen LogP contribution in [0.5, 0.6) is 0 Å². The number of fused-ring (bicyclic) bond motifs is 1. The number of aliphatic carboxylic acids is 1. The number of thiazole rings is 1. The van der Waals surface area contributed by atoms with Gasteiger partial charge in [0.05, 0.1) is 0 Å². The number of tetrazole rings is 1. The molecule has 4 rings (SSSR count). The number of thioether (sulfide) groups is 2. The van der Waals surface area contributed by atoms with Crippen molar-refractivity contribution in [3.8, 4) is 0 Å². The van der Waals surface area contributed by atoms with E-state index in [1.54, 1.807) is 10.1 Å². The Kier molecular flexibility index (Phi) is 7.56. The highest BCUT2D eigenvalue weighted by molar-refractivity contribution is 8.01. The molecular weight excluding hydrogens is 518 g/mol. The van der Waals surface area contributed by atoms with Crippen LogP contribution in [0.4, 0.5) is 5.13 Å². The van der Waals surface area contributed by atoms with E-state index in [0.29, 0.717) is 28.8 Å². The molecule has 4 heterocycles. The molecule has 14 nitrogen and oxygen atoms in total. The number of nitrogens with two attached hydrogens (primary N) is 1. The molecule has 2 aliphatic rings. The zero-order valence-corrected chi connectivity index (χ0v) is 21.0. The minimum Gasteiger partial charge on any atom is -0.477 e. The summed E-state index contributed by atoms with van der Waals surface area (Å²) in [6.07, 6.45) is 0.848. The Labute approximate surface area is 211 Å². The van der Waals surface area contributed by atoms with Gasteiger partial charge < -0.3 is 21.0 Å². The predicted molar refractivity (Wildman–Crippen MR) is 129 cm³/mol. The number of nitrogens with one attached hydrogen (secondary N) is 1. The Morgan fingerprint density at radius 3 is 2.91 bits per heavy atom. The maximum atomic E-state index is 12.9. The summed E-state index contributed by atoms with van der Waals surface area (Å²) in [6.45, 7) is 2.64. The van der Waals surface area contributed by atoms with Crippen molar-refractivity contribution in [1.82, 2.24) is 35.4 Å². The van der Waals surface area contributed by atoms with Gasteiger partial charge in [-0.15, -0.1) is 28.2 Å². The van der Waals surface area contributed by atoms with Crippen molar-refractivity contribution >= 4 is 63.5 Å². The maximum Gasteiger partial charge on any atom is 0.352 e. The second-order valence-corrected chi connectivity index (χ2v) is 10.2. The fourth-order valence-corrected chi connectivity index (χ4v) is 6.44. The summed E-state index contributed by atoms with van der Waals surface area (Å²) in [4.78, 5) is 47.8. The molecule has 35 heavy (non-hydrogen) atoms. The van der Waals surface area contributed by atoms with Crippen LogP contribution in [0.3, 0.4) is 0 Å². The molecule has 0 aromatic carbocycles. The Morgan fingerprint density at radius 2 is 2.26 bits per heavy atom. The third kappa shape index (κ3) is 4.96. The number of carboxylic acid groups (broad SMARTS) is 1. The molecule has 17 heteroatoms. The van der Waals surface area contributed by atoms with Crippen molar-refractivity contribution in [2.75, 3.05) is 24.3 Å². The number of carbonyl (C=O) groups excluding carboxylic acids is 2. The number of oxime groups is 1. The molecule has 0 radical (unpaired) electrons. The van der Waals surface area contributed by atoms with Gasteiger partial charge in [0, 0.05) is 23.4 Å². The number of carbonyl (C=O) groups is 3. The molecule has 186 valence electrons. The van der Waals surface area contributed by atoms with Crippen LogP contribution in [0.1, 0.15) is 19.0 Å². The minimum absolute atomic E-state index is 0.0793. The highest BCUT2D eigenvalue weighted by Crippen LogP contribution is 2.41. The van der Waals surface area contributed by atoms with Gasteiger partial charge in [-0.25, -0.2) is 14.5 Å². The maximum absolute atomic E-state index is 12.9. The van der Waals surface area contributed by atoms with E-state index in [1.807, 2.05) is 6.92 Å². The summed E-state index contributed by atoms with van der Waals surface area (Å²) < 4.78 is 1.65. The summed E-state index contributed by atoms with van der Waals surface area (Å²) in [5, 5.41) is 29.6. The number of hydrogen-bond donors (Lipinski definition) is 3. The lowest BCUT2D eigenvalue weighted by molar-refractivity contribution is -0.150. The summed E-state index contributed by atoms with van der Waals surface area (Å²) >= 11 is 3.80. The number of hydrogen-bond acceptors (Lipinski definition) is 13. The van der Waals surface area contributed by atoms with E-state index in [4.69, 9.17) is 10.6 Å². The van der Waals surface area contributed by atoms with E-state index in [0.717, 1.165) is 17.8 Å². The van der Waals surface area contributed by atoms with Crippen molar-refractivity contribution in [3.63, 3.8) is 0 Å². The van der Waals surface area contributed by atoms with Crippen LogP contribution in [-0.2, 0) is 25.8 Å². The molecule has 2 amide bonds. The van der Waals surface area contributed by atoms with E-state index < -0.39 is 29.2 Å². The zero-order chi connectivity index (χ0) is 25.1. The molecule has 1 saturated heterocycles. The molecular formula is C18H21N9O5S3. The second kappa shape index (κ2) is 10.6. The highest BCUT2D eigenvalue weighted by atomic mass is 32.2. The molecule has 1 fully saturated rings. The van der Waals surface area contributed by atoms with Crippen LogP contribution in [0.25, 0.3) is 0 Å². The van der Waals surface area contributed by atoms with Crippen LogP contribution in [0.2, 0.25) is 0 Å². The number of aryl methyl sites for hydroxylation is 1. The van der Waals surface area contributed by atoms with Gasteiger partial charge in [-0.3, -0.25) is 14.5 Å². The number of nitrogen functional groups attached to an aromatic ring is 1. The molecule has 0 bridgehead atoms. The summed E-state index contributed by atoms with van der Waals surface area (Å²) in [5.74, 6) is -1.74. The number of nitrogens with zero attached hydrogens (tertiary/aromatic N) is 7. The average molecular weight is 540 g/mol. The highest BCUT2D eigenvalue weighted by Gasteiger charge is 2.54. The van der Waals surface area contributed by atoms with E-state index in [-0.39, 0.29) is 22.2 Å². The molecule has 4 N–H and O–H groups in total. The molecule has 1 unspecified atom stereocenters. The van der Waals surface area contributed by atoms with Crippen LogP contribution in [0, 0.1) is 0 Å². The molecule has 2 atom stereocenters. The first-order chi connectivity index (χ1) is 16.8. The van der Waals surface area contributed by atoms with Crippen molar-refractivity contribution in [2.24, 2.45) is 5.16 Å². The lowest BCUT2D eigenvalue weighted by Gasteiger charge is -2.49. The number of carboxylic acids is 1. The van der Waals surface area contributed by atoms with E-state index in [9.17, 15) is 19.5 Å². The lowest BCUT2D eigenvalue weighted by Crippen LogP contribution is -2.71. The topological polar surface area (TPSA) is 191 Å². The largest absolute Gasteiger partial charge is 0.477 e. The molecule has 0 aliphatic carbocycles. The standard InChI is InChI=1S/C18H21N9O5S3/c1-3-4-26-18(22-24-25-26)35-6-8-5-33-15-11(14(29)27(15)12(8)16(30)31)21-13(28)10(23-32-2)9-7-34-17(19)20-9/h7,11,15H,3-6H2,1-2H3,(H2,19,20)(H,21,28)(H,30,31)/t11?,15-/m1/s1. The van der Waals surface area contributed by atoms with Crippen molar-refractivity contribution in [1.29, 1.82) is 0 Å². The first kappa shape index (κ1) is 24.9. The van der Waals surface area contributed by atoms with Crippen LogP contribution < -0.4 is 11.1 Å². The van der Waals surface area contributed by atoms with E-state index in [1.165, 1.54) is 35.5 Å². The summed E-state index contributed by atoms with van der Waals surface area (Å²) in [6, 6.07) is -0.925. The summed E-state index contributed by atoms with van der Waals surface area (Å²) in [5.41, 5.74) is 6.21. The number of anilines is 1. The van der Waals surface area contributed by atoms with Gasteiger partial charge in [0.2, 0.25) is 5.16 Å². The van der Waals surface area contributed by atoms with Crippen LogP contribution in [0.15, 0.2) is 27.0 Å². The van der Waals surface area contributed by atoms with Gasteiger partial charge in [-0.05, 0) is 22.4 Å². The number of amides is 2. The first-order valence-electron chi connectivity index (χ1n) is 10.3. The van der Waals surface area contributed by atoms with Crippen molar-refractivity contribution in [3.05, 3.63) is 22.3 Å². The Morgan fingerprint density at radius 1 is 1.46 bits per heavy atom. The lowest BCUT2D eigenvalue weighted by atomic mass is 10.0. The first-order valence-corrected chi connectivity index (χ1v) is 13.2. The fourth-order valence-electron chi connectivity index (χ4n) is 3.50. The normalized spacial score (nSPS) is 19.9. The molecule has 2 aliphatic heterocycles. The summed E-state index contributed by atoms with van der Waals surface area (Å²) in [7, 11) is 1.28.